The van der Waals surface area contributed by atoms with Crippen molar-refractivity contribution in [1.82, 2.24) is 10.1 Å². The zero-order valence-electron chi connectivity index (χ0n) is 11.5. The Morgan fingerprint density at radius 3 is 3.00 bits per heavy atom. The van der Waals surface area contributed by atoms with Crippen LogP contribution >= 0.6 is 15.9 Å². The normalized spacial score (nSPS) is 22.3. The molecule has 0 radical (unpaired) electrons. The minimum absolute atomic E-state index is 0.442. The maximum absolute atomic E-state index is 5.82. The van der Waals surface area contributed by atoms with Gasteiger partial charge in [0, 0.05) is 16.1 Å². The molecule has 5 heteroatoms. The van der Waals surface area contributed by atoms with Crippen LogP contribution in [0, 0.1) is 5.92 Å². The van der Waals surface area contributed by atoms with E-state index in [9.17, 15) is 0 Å². The first-order chi connectivity index (χ1) is 9.67. The van der Waals surface area contributed by atoms with Crippen LogP contribution < -0.4 is 5.73 Å². The molecule has 1 aliphatic rings. The van der Waals surface area contributed by atoms with Crippen molar-refractivity contribution in [3.8, 4) is 11.5 Å². The molecule has 2 N–H and O–H groups in total. The standard InChI is InChI=1S/C15H18BrN3O/c1-2-9-3-4-10(7-9)14-18-15(20-19-14)12-8-11(17)5-6-13(12)16/h5-6,8-10H,2-4,7,17H2,1H3. The van der Waals surface area contributed by atoms with Crippen LogP contribution in [0.4, 0.5) is 5.69 Å². The lowest BCUT2D eigenvalue weighted by molar-refractivity contribution is 0.413. The van der Waals surface area contributed by atoms with Crippen LogP contribution in [-0.4, -0.2) is 10.1 Å². The van der Waals surface area contributed by atoms with Crippen molar-refractivity contribution >= 4 is 21.6 Å². The maximum atomic E-state index is 5.82. The molecular weight excluding hydrogens is 318 g/mol. The highest BCUT2D eigenvalue weighted by atomic mass is 79.9. The average Bonchev–Trinajstić information content (AvgIpc) is 3.09. The topological polar surface area (TPSA) is 64.9 Å². The van der Waals surface area contributed by atoms with Crippen molar-refractivity contribution in [2.45, 2.75) is 38.5 Å². The number of hydrogen-bond donors (Lipinski definition) is 1. The summed E-state index contributed by atoms with van der Waals surface area (Å²) in [4.78, 5) is 4.57. The molecule has 3 rings (SSSR count). The van der Waals surface area contributed by atoms with Crippen molar-refractivity contribution in [2.24, 2.45) is 5.92 Å². The molecule has 0 amide bonds. The summed E-state index contributed by atoms with van der Waals surface area (Å²) in [5.74, 6) is 2.63. The molecule has 0 bridgehead atoms. The average molecular weight is 336 g/mol. The van der Waals surface area contributed by atoms with E-state index in [0.29, 0.717) is 17.5 Å². The van der Waals surface area contributed by atoms with Gasteiger partial charge in [-0.3, -0.25) is 0 Å². The Kier molecular flexibility index (Phi) is 3.78. The van der Waals surface area contributed by atoms with Gasteiger partial charge in [-0.1, -0.05) is 18.5 Å². The van der Waals surface area contributed by atoms with E-state index in [1.165, 1.54) is 19.3 Å². The van der Waals surface area contributed by atoms with Crippen molar-refractivity contribution in [2.75, 3.05) is 5.73 Å². The molecule has 1 aromatic heterocycles. The summed E-state index contributed by atoms with van der Waals surface area (Å²) in [6, 6.07) is 5.59. The summed E-state index contributed by atoms with van der Waals surface area (Å²) in [5, 5.41) is 4.17. The molecular formula is C15H18BrN3O. The fourth-order valence-corrected chi connectivity index (χ4v) is 3.31. The Labute approximate surface area is 126 Å². The lowest BCUT2D eigenvalue weighted by Crippen LogP contribution is -1.97. The third-order valence-electron chi connectivity index (χ3n) is 4.15. The molecule has 1 aliphatic carbocycles. The van der Waals surface area contributed by atoms with Gasteiger partial charge in [-0.05, 0) is 59.3 Å². The third-order valence-corrected chi connectivity index (χ3v) is 4.84. The summed E-state index contributed by atoms with van der Waals surface area (Å²) >= 11 is 3.50. The Balaban J connectivity index is 1.85. The first-order valence-electron chi connectivity index (χ1n) is 7.06. The number of aromatic nitrogens is 2. The van der Waals surface area contributed by atoms with Crippen molar-refractivity contribution < 1.29 is 4.52 Å². The second-order valence-electron chi connectivity index (χ2n) is 5.48. The fraction of sp³-hybridized carbons (Fsp3) is 0.467. The summed E-state index contributed by atoms with van der Waals surface area (Å²) < 4.78 is 6.34. The van der Waals surface area contributed by atoms with Gasteiger partial charge < -0.3 is 10.3 Å². The lowest BCUT2D eigenvalue weighted by Gasteiger charge is -2.04. The second-order valence-corrected chi connectivity index (χ2v) is 6.34. The van der Waals surface area contributed by atoms with Crippen LogP contribution in [0.1, 0.15) is 44.3 Å². The quantitative estimate of drug-likeness (QED) is 0.845. The Morgan fingerprint density at radius 2 is 2.25 bits per heavy atom. The number of nitrogens with zero attached hydrogens (tertiary/aromatic N) is 2. The van der Waals surface area contributed by atoms with Gasteiger partial charge in [-0.15, -0.1) is 0 Å². The number of nitrogen functional groups attached to an aromatic ring is 1. The van der Waals surface area contributed by atoms with Gasteiger partial charge in [0.25, 0.3) is 5.89 Å². The second kappa shape index (κ2) is 5.56. The van der Waals surface area contributed by atoms with E-state index < -0.39 is 0 Å². The number of hydrogen-bond acceptors (Lipinski definition) is 4. The number of benzene rings is 1. The molecule has 1 heterocycles. The monoisotopic (exact) mass is 335 g/mol. The van der Waals surface area contributed by atoms with Gasteiger partial charge in [0.1, 0.15) is 0 Å². The van der Waals surface area contributed by atoms with E-state index in [4.69, 9.17) is 10.3 Å². The summed E-state index contributed by atoms with van der Waals surface area (Å²) in [5.41, 5.74) is 7.36. The summed E-state index contributed by atoms with van der Waals surface area (Å²) in [6.45, 7) is 2.25. The van der Waals surface area contributed by atoms with E-state index >= 15 is 0 Å². The van der Waals surface area contributed by atoms with Gasteiger partial charge in [-0.25, -0.2) is 0 Å². The van der Waals surface area contributed by atoms with Crippen LogP contribution in [0.3, 0.4) is 0 Å². The van der Waals surface area contributed by atoms with Gasteiger partial charge in [0.2, 0.25) is 0 Å². The van der Waals surface area contributed by atoms with E-state index in [2.05, 4.69) is 33.0 Å². The summed E-state index contributed by atoms with van der Waals surface area (Å²) in [7, 11) is 0. The molecule has 4 nitrogen and oxygen atoms in total. The molecule has 1 fully saturated rings. The molecule has 2 atom stereocenters. The number of halogens is 1. The SMILES string of the molecule is CCC1CCC(c2noc(-c3cc(N)ccc3Br)n2)C1. The van der Waals surface area contributed by atoms with Crippen molar-refractivity contribution in [1.29, 1.82) is 0 Å². The Hall–Kier alpha value is -1.36. The molecule has 106 valence electrons. The van der Waals surface area contributed by atoms with Crippen molar-refractivity contribution in [3.63, 3.8) is 0 Å². The highest BCUT2D eigenvalue weighted by Gasteiger charge is 2.28. The summed E-state index contributed by atoms with van der Waals surface area (Å²) in [6.07, 6.45) is 4.85. The predicted molar refractivity (Wildman–Crippen MR) is 82.2 cm³/mol. The Morgan fingerprint density at radius 1 is 1.40 bits per heavy atom. The zero-order valence-corrected chi connectivity index (χ0v) is 13.1. The molecule has 1 saturated carbocycles. The van der Waals surface area contributed by atoms with Crippen LogP contribution in [-0.2, 0) is 0 Å². The van der Waals surface area contributed by atoms with Gasteiger partial charge in [0.15, 0.2) is 5.82 Å². The van der Waals surface area contributed by atoms with Crippen LogP contribution in [0.15, 0.2) is 27.2 Å². The Bertz CT molecular complexity index is 611. The molecule has 0 aliphatic heterocycles. The van der Waals surface area contributed by atoms with E-state index in [1.54, 1.807) is 0 Å². The minimum Gasteiger partial charge on any atom is -0.399 e. The number of anilines is 1. The van der Waals surface area contributed by atoms with Gasteiger partial charge in [-0.2, -0.15) is 4.98 Å². The lowest BCUT2D eigenvalue weighted by atomic mass is 10.0. The molecule has 2 unspecified atom stereocenters. The van der Waals surface area contributed by atoms with Crippen LogP contribution in [0.2, 0.25) is 0 Å². The predicted octanol–water partition coefficient (Wildman–Crippen LogP) is 4.38. The maximum Gasteiger partial charge on any atom is 0.259 e. The fourth-order valence-electron chi connectivity index (χ4n) is 2.90. The molecule has 0 saturated heterocycles. The number of rotatable bonds is 3. The largest absolute Gasteiger partial charge is 0.399 e. The van der Waals surface area contributed by atoms with Crippen molar-refractivity contribution in [3.05, 3.63) is 28.5 Å². The van der Waals surface area contributed by atoms with E-state index in [1.807, 2.05) is 18.2 Å². The first kappa shape index (κ1) is 13.6. The van der Waals surface area contributed by atoms with Crippen LogP contribution in [0.5, 0.6) is 0 Å². The molecule has 20 heavy (non-hydrogen) atoms. The third kappa shape index (κ3) is 2.59. The highest BCUT2D eigenvalue weighted by Crippen LogP contribution is 2.39. The van der Waals surface area contributed by atoms with E-state index in [-0.39, 0.29) is 0 Å². The highest BCUT2D eigenvalue weighted by molar-refractivity contribution is 9.10. The molecule has 0 spiro atoms. The smallest absolute Gasteiger partial charge is 0.259 e. The molecule has 2 aromatic rings. The minimum atomic E-state index is 0.442. The zero-order chi connectivity index (χ0) is 14.1. The van der Waals surface area contributed by atoms with Gasteiger partial charge in [0.05, 0.1) is 5.56 Å². The van der Waals surface area contributed by atoms with Gasteiger partial charge >= 0.3 is 0 Å². The van der Waals surface area contributed by atoms with Crippen LogP contribution in [0.25, 0.3) is 11.5 Å². The van der Waals surface area contributed by atoms with E-state index in [0.717, 1.165) is 28.2 Å². The molecule has 1 aromatic carbocycles. The first-order valence-corrected chi connectivity index (χ1v) is 7.85. The number of nitrogens with two attached hydrogens (primary N) is 1.